The van der Waals surface area contributed by atoms with Gasteiger partial charge in [-0.05, 0) is 12.3 Å². The Balaban J connectivity index is 2.38. The zero-order chi connectivity index (χ0) is 7.61. The van der Waals surface area contributed by atoms with Gasteiger partial charge in [0.2, 0.25) is 0 Å². The van der Waals surface area contributed by atoms with Crippen molar-refractivity contribution in [2.45, 2.75) is 6.92 Å². The second-order valence-corrected chi connectivity index (χ2v) is 6.16. The summed E-state index contributed by atoms with van der Waals surface area (Å²) in [4.78, 5) is 0. The van der Waals surface area contributed by atoms with Crippen molar-refractivity contribution in [2.75, 3.05) is 18.9 Å². The maximum Gasteiger partial charge on any atom is 0.362 e. The Morgan fingerprint density at radius 3 is 3.00 bits per heavy atom. The molecule has 0 amide bonds. The lowest BCUT2D eigenvalue weighted by atomic mass is 9.93. The summed E-state index contributed by atoms with van der Waals surface area (Å²) in [6, 6.07) is 0. The molecule has 2 nitrogen and oxygen atoms in total. The molecule has 58 valence electrons. The van der Waals surface area contributed by atoms with Crippen LogP contribution in [0.25, 0.3) is 0 Å². The number of halogens is 1. The molecule has 1 atom stereocenters. The fourth-order valence-electron chi connectivity index (χ4n) is 0.812. The summed E-state index contributed by atoms with van der Waals surface area (Å²) in [7, 11) is 0. The van der Waals surface area contributed by atoms with Crippen molar-refractivity contribution in [3.8, 4) is 0 Å². The van der Waals surface area contributed by atoms with E-state index in [-0.39, 0.29) is 12.0 Å². The molecule has 2 N–H and O–H groups in total. The van der Waals surface area contributed by atoms with Gasteiger partial charge in [-0.1, -0.05) is 6.92 Å². The summed E-state index contributed by atoms with van der Waals surface area (Å²) in [5, 5.41) is 12.3. The summed E-state index contributed by atoms with van der Waals surface area (Å²) in [6.45, 7) is 3.33. The smallest absolute Gasteiger partial charge is 0.362 e. The van der Waals surface area contributed by atoms with E-state index < -0.39 is 0 Å². The molecule has 1 unspecified atom stereocenters. The molecule has 1 heterocycles. The van der Waals surface area contributed by atoms with Gasteiger partial charge in [-0.2, -0.15) is 11.6 Å². The standard InChI is InChI=1S/C5H11BINOS/c1-5(3-9)2-8-6(7)10-4-5/h8-9H,2-4H2,1H3. The first-order chi connectivity index (χ1) is 4.66. The normalized spacial score (nSPS) is 34.5. The highest BCUT2D eigenvalue weighted by molar-refractivity contribution is 14.1. The van der Waals surface area contributed by atoms with Crippen LogP contribution in [0.4, 0.5) is 0 Å². The Morgan fingerprint density at radius 2 is 2.60 bits per heavy atom. The maximum atomic E-state index is 8.98. The zero-order valence-corrected chi connectivity index (χ0v) is 8.91. The number of aliphatic hydroxyl groups is 1. The van der Waals surface area contributed by atoms with Gasteiger partial charge in [-0.25, -0.2) is 0 Å². The molecule has 0 aromatic carbocycles. The molecule has 1 saturated heterocycles. The van der Waals surface area contributed by atoms with Gasteiger partial charge in [0.15, 0.2) is 0 Å². The van der Waals surface area contributed by atoms with Gasteiger partial charge < -0.3 is 10.3 Å². The molecule has 0 bridgehead atoms. The molecule has 0 spiro atoms. The van der Waals surface area contributed by atoms with Crippen molar-refractivity contribution in [1.82, 2.24) is 5.23 Å². The largest absolute Gasteiger partial charge is 0.396 e. The lowest BCUT2D eigenvalue weighted by Gasteiger charge is -2.33. The van der Waals surface area contributed by atoms with Crippen LogP contribution in [-0.4, -0.2) is 28.0 Å². The van der Waals surface area contributed by atoms with Crippen LogP contribution in [0.2, 0.25) is 0 Å². The van der Waals surface area contributed by atoms with E-state index in [1.54, 1.807) is 0 Å². The molecular weight excluding hydrogens is 260 g/mol. The van der Waals surface area contributed by atoms with E-state index >= 15 is 0 Å². The predicted octanol–water partition coefficient (Wildman–Crippen LogP) is 0.741. The fourth-order valence-corrected chi connectivity index (χ4v) is 2.52. The quantitative estimate of drug-likeness (QED) is 0.545. The maximum absolute atomic E-state index is 8.98. The highest BCUT2D eigenvalue weighted by Gasteiger charge is 2.31. The van der Waals surface area contributed by atoms with Crippen LogP contribution >= 0.6 is 34.0 Å². The highest BCUT2D eigenvalue weighted by Crippen LogP contribution is 2.28. The third-order valence-corrected chi connectivity index (χ3v) is 4.49. The highest BCUT2D eigenvalue weighted by atomic mass is 127. The Labute approximate surface area is 79.4 Å². The molecule has 1 aliphatic rings. The average Bonchev–Trinajstić information content (AvgIpc) is 1.96. The van der Waals surface area contributed by atoms with Crippen LogP contribution < -0.4 is 5.23 Å². The van der Waals surface area contributed by atoms with E-state index in [1.165, 1.54) is 0 Å². The first-order valence-electron chi connectivity index (χ1n) is 3.26. The van der Waals surface area contributed by atoms with E-state index in [1.807, 2.05) is 11.6 Å². The molecule has 10 heavy (non-hydrogen) atoms. The zero-order valence-electron chi connectivity index (χ0n) is 5.93. The molecule has 1 rings (SSSR count). The van der Waals surface area contributed by atoms with Gasteiger partial charge in [0.25, 0.3) is 0 Å². The molecule has 0 saturated carbocycles. The number of hydrogen-bond acceptors (Lipinski definition) is 3. The van der Waals surface area contributed by atoms with Crippen molar-refractivity contribution in [3.63, 3.8) is 0 Å². The van der Waals surface area contributed by atoms with E-state index in [0.29, 0.717) is 3.98 Å². The van der Waals surface area contributed by atoms with Gasteiger partial charge in [0.05, 0.1) is 6.61 Å². The summed E-state index contributed by atoms with van der Waals surface area (Å²) in [6.07, 6.45) is 0. The Bertz CT molecular complexity index is 118. The van der Waals surface area contributed by atoms with E-state index in [2.05, 4.69) is 34.5 Å². The first kappa shape index (κ1) is 9.16. The summed E-state index contributed by atoms with van der Waals surface area (Å²) < 4.78 is 0.525. The fraction of sp³-hybridized carbons (Fsp3) is 1.00. The lowest BCUT2D eigenvalue weighted by molar-refractivity contribution is 0.166. The van der Waals surface area contributed by atoms with Gasteiger partial charge in [-0.15, -0.1) is 22.4 Å². The second-order valence-electron chi connectivity index (χ2n) is 2.98. The Morgan fingerprint density at radius 1 is 1.90 bits per heavy atom. The molecule has 1 fully saturated rings. The third-order valence-electron chi connectivity index (χ3n) is 1.65. The van der Waals surface area contributed by atoms with Crippen LogP contribution in [0.5, 0.6) is 0 Å². The van der Waals surface area contributed by atoms with Crippen molar-refractivity contribution >= 4 is 38.0 Å². The third kappa shape index (κ3) is 2.28. The monoisotopic (exact) mass is 271 g/mol. The van der Waals surface area contributed by atoms with Crippen molar-refractivity contribution < 1.29 is 5.11 Å². The molecular formula is C5H11BINOS. The SMILES string of the molecule is CC1(CO)CNB(I)SC1. The van der Waals surface area contributed by atoms with Gasteiger partial charge >= 0.3 is 3.98 Å². The van der Waals surface area contributed by atoms with E-state index in [4.69, 9.17) is 5.11 Å². The number of hydrogen-bond donors (Lipinski definition) is 2. The van der Waals surface area contributed by atoms with Crippen LogP contribution in [0.15, 0.2) is 0 Å². The molecule has 1 aliphatic heterocycles. The second kappa shape index (κ2) is 3.64. The molecule has 0 aliphatic carbocycles. The minimum atomic E-state index is 0.104. The van der Waals surface area contributed by atoms with Crippen molar-refractivity contribution in [3.05, 3.63) is 0 Å². The Kier molecular flexibility index (Phi) is 3.34. The molecule has 0 radical (unpaired) electrons. The summed E-state index contributed by atoms with van der Waals surface area (Å²) >= 11 is 4.23. The van der Waals surface area contributed by atoms with E-state index in [0.717, 1.165) is 12.3 Å². The topological polar surface area (TPSA) is 32.3 Å². The minimum absolute atomic E-state index is 0.104. The van der Waals surface area contributed by atoms with Gasteiger partial charge in [0.1, 0.15) is 0 Å². The van der Waals surface area contributed by atoms with Crippen molar-refractivity contribution in [1.29, 1.82) is 0 Å². The van der Waals surface area contributed by atoms with Crippen LogP contribution in [0.1, 0.15) is 6.92 Å². The van der Waals surface area contributed by atoms with Crippen LogP contribution in [-0.2, 0) is 0 Å². The average molecular weight is 271 g/mol. The summed E-state index contributed by atoms with van der Waals surface area (Å²) in [5.74, 6) is 1.06. The molecule has 5 heteroatoms. The summed E-state index contributed by atoms with van der Waals surface area (Å²) in [5.41, 5.74) is 0.104. The van der Waals surface area contributed by atoms with Crippen LogP contribution in [0.3, 0.4) is 0 Å². The molecule has 0 aromatic heterocycles. The predicted molar refractivity (Wildman–Crippen MR) is 55.4 cm³/mol. The number of aliphatic hydroxyl groups excluding tert-OH is 1. The van der Waals surface area contributed by atoms with Crippen molar-refractivity contribution in [2.24, 2.45) is 5.41 Å². The minimum Gasteiger partial charge on any atom is -0.396 e. The molecule has 0 aromatic rings. The first-order valence-corrected chi connectivity index (χ1v) is 5.56. The Hall–Kier alpha value is 1.06. The van der Waals surface area contributed by atoms with Crippen LogP contribution in [0, 0.1) is 5.41 Å². The number of nitrogens with one attached hydrogen (secondary N) is 1. The number of rotatable bonds is 1. The van der Waals surface area contributed by atoms with Gasteiger partial charge in [-0.3, -0.25) is 0 Å². The van der Waals surface area contributed by atoms with Gasteiger partial charge in [0, 0.05) is 5.41 Å². The lowest BCUT2D eigenvalue weighted by Crippen LogP contribution is -2.46. The van der Waals surface area contributed by atoms with E-state index in [9.17, 15) is 0 Å².